The highest BCUT2D eigenvalue weighted by Gasteiger charge is 2.30. The number of fused-ring (bicyclic) bond motifs is 2. The molecular formula is C22H20F3NO2. The lowest BCUT2D eigenvalue weighted by molar-refractivity contribution is -0.137. The third-order valence-corrected chi connectivity index (χ3v) is 5.05. The van der Waals surface area contributed by atoms with E-state index in [0.29, 0.717) is 23.8 Å². The van der Waals surface area contributed by atoms with Crippen LogP contribution in [0.5, 0.6) is 11.5 Å². The molecule has 0 fully saturated rings. The molecule has 0 radical (unpaired) electrons. The molecule has 146 valence electrons. The van der Waals surface area contributed by atoms with E-state index in [1.807, 2.05) is 18.2 Å². The summed E-state index contributed by atoms with van der Waals surface area (Å²) in [5.41, 5.74) is 3.03. The van der Waals surface area contributed by atoms with Gasteiger partial charge in [-0.3, -0.25) is 4.99 Å². The summed E-state index contributed by atoms with van der Waals surface area (Å²) in [4.78, 5) is 4.72. The van der Waals surface area contributed by atoms with Gasteiger partial charge in [0.15, 0.2) is 11.5 Å². The van der Waals surface area contributed by atoms with Crippen LogP contribution >= 0.6 is 0 Å². The van der Waals surface area contributed by atoms with Gasteiger partial charge >= 0.3 is 6.18 Å². The van der Waals surface area contributed by atoms with Crippen LogP contribution in [0, 0.1) is 0 Å². The Bertz CT molecular complexity index is 930. The zero-order valence-electron chi connectivity index (χ0n) is 15.4. The van der Waals surface area contributed by atoms with Crippen molar-refractivity contribution >= 4 is 11.8 Å². The van der Waals surface area contributed by atoms with Crippen molar-refractivity contribution in [1.29, 1.82) is 0 Å². The number of aliphatic imine (C=N–C) groups is 1. The molecule has 0 amide bonds. The average Bonchev–Trinajstić information content (AvgIpc) is 3.13. The van der Waals surface area contributed by atoms with Crippen molar-refractivity contribution < 1.29 is 22.6 Å². The van der Waals surface area contributed by atoms with Crippen LogP contribution in [0.4, 0.5) is 13.2 Å². The molecule has 0 saturated heterocycles. The van der Waals surface area contributed by atoms with Gasteiger partial charge in [-0.2, -0.15) is 13.2 Å². The van der Waals surface area contributed by atoms with E-state index in [-0.39, 0.29) is 6.79 Å². The molecule has 0 N–H and O–H groups in total. The average molecular weight is 387 g/mol. The fraction of sp³-hybridized carbons (Fsp3) is 0.318. The summed E-state index contributed by atoms with van der Waals surface area (Å²) in [6.45, 7) is 3.05. The second kappa shape index (κ2) is 7.34. The first-order chi connectivity index (χ1) is 13.5. The van der Waals surface area contributed by atoms with Gasteiger partial charge in [0.25, 0.3) is 0 Å². The molecule has 2 heterocycles. The third-order valence-electron chi connectivity index (χ3n) is 5.05. The van der Waals surface area contributed by atoms with E-state index in [0.717, 1.165) is 42.0 Å². The summed E-state index contributed by atoms with van der Waals surface area (Å²) in [6, 6.07) is 9.09. The van der Waals surface area contributed by atoms with E-state index in [9.17, 15) is 13.2 Å². The van der Waals surface area contributed by atoms with Crippen LogP contribution in [0.15, 0.2) is 47.5 Å². The first-order valence-electron chi connectivity index (χ1n) is 9.29. The highest BCUT2D eigenvalue weighted by atomic mass is 19.4. The van der Waals surface area contributed by atoms with Gasteiger partial charge in [0.2, 0.25) is 6.79 Å². The molecule has 0 bridgehead atoms. The summed E-state index contributed by atoms with van der Waals surface area (Å²) in [6.07, 6.45) is 1.40. The molecular weight excluding hydrogens is 367 g/mol. The number of ether oxygens (including phenoxy) is 2. The fourth-order valence-corrected chi connectivity index (χ4v) is 3.61. The van der Waals surface area contributed by atoms with Crippen molar-refractivity contribution in [2.45, 2.75) is 31.9 Å². The molecule has 1 unspecified atom stereocenters. The van der Waals surface area contributed by atoms with E-state index in [2.05, 4.69) is 6.92 Å². The number of allylic oxidation sites excluding steroid dienone is 1. The Morgan fingerprint density at radius 3 is 2.46 bits per heavy atom. The van der Waals surface area contributed by atoms with Gasteiger partial charge < -0.3 is 9.47 Å². The maximum absolute atomic E-state index is 12.7. The molecule has 1 atom stereocenters. The topological polar surface area (TPSA) is 30.8 Å². The molecule has 2 aliphatic rings. The third kappa shape index (κ3) is 3.63. The Kier molecular flexibility index (Phi) is 4.87. The summed E-state index contributed by atoms with van der Waals surface area (Å²) in [7, 11) is 0. The summed E-state index contributed by atoms with van der Waals surface area (Å²) in [5, 5.41) is 0. The minimum atomic E-state index is -4.33. The van der Waals surface area contributed by atoms with Crippen molar-refractivity contribution in [3.05, 3.63) is 64.7 Å². The summed E-state index contributed by atoms with van der Waals surface area (Å²) >= 11 is 0. The molecule has 4 rings (SSSR count). The highest BCUT2D eigenvalue weighted by Crippen LogP contribution is 2.40. The lowest BCUT2D eigenvalue weighted by Gasteiger charge is -2.24. The molecule has 2 aliphatic heterocycles. The number of halogens is 3. The number of rotatable bonds is 4. The predicted octanol–water partition coefficient (Wildman–Crippen LogP) is 5.83. The van der Waals surface area contributed by atoms with Gasteiger partial charge in [0.05, 0.1) is 11.3 Å². The second-order valence-corrected chi connectivity index (χ2v) is 6.96. The molecule has 0 spiro atoms. The van der Waals surface area contributed by atoms with Crippen LogP contribution in [0.3, 0.4) is 0 Å². The number of alkyl halides is 3. The van der Waals surface area contributed by atoms with Crippen molar-refractivity contribution in [2.24, 2.45) is 4.99 Å². The monoisotopic (exact) mass is 387 g/mol. The van der Waals surface area contributed by atoms with Crippen molar-refractivity contribution in [3.63, 3.8) is 0 Å². The molecule has 2 aromatic rings. The maximum Gasteiger partial charge on any atom is 0.416 e. The minimum absolute atomic E-state index is 0.213. The van der Waals surface area contributed by atoms with Crippen molar-refractivity contribution in [3.8, 4) is 11.5 Å². The van der Waals surface area contributed by atoms with Gasteiger partial charge in [0.1, 0.15) is 0 Å². The molecule has 2 aromatic carbocycles. The van der Waals surface area contributed by atoms with E-state index >= 15 is 0 Å². The van der Waals surface area contributed by atoms with Crippen LogP contribution in [0.2, 0.25) is 0 Å². The Labute approximate surface area is 161 Å². The second-order valence-electron chi connectivity index (χ2n) is 6.96. The standard InChI is InChI=1S/C22H20F3NO2/c1-2-3-15-12-26-19(18-11-21-20(10-17(15)18)27-13-28-21)9-6-14-4-7-16(8-5-14)22(23,24)25/h4-11,15H,2-3,12-13H2,1H3/b9-6+. The predicted molar refractivity (Wildman–Crippen MR) is 102 cm³/mol. The normalized spacial score (nSPS) is 18.3. The number of hydrogen-bond acceptors (Lipinski definition) is 3. The van der Waals surface area contributed by atoms with Crippen molar-refractivity contribution in [2.75, 3.05) is 13.3 Å². The first-order valence-corrected chi connectivity index (χ1v) is 9.29. The van der Waals surface area contributed by atoms with Gasteiger partial charge in [-0.05, 0) is 47.9 Å². The first kappa shape index (κ1) is 18.6. The highest BCUT2D eigenvalue weighted by molar-refractivity contribution is 6.12. The van der Waals surface area contributed by atoms with Crippen molar-refractivity contribution in [1.82, 2.24) is 0 Å². The van der Waals surface area contributed by atoms with Crippen LogP contribution in [0.25, 0.3) is 6.08 Å². The Balaban J connectivity index is 1.63. The Morgan fingerprint density at radius 2 is 1.79 bits per heavy atom. The van der Waals surface area contributed by atoms with Gasteiger partial charge in [-0.25, -0.2) is 0 Å². The number of hydrogen-bond donors (Lipinski definition) is 0. The largest absolute Gasteiger partial charge is 0.454 e. The van der Waals surface area contributed by atoms with Crippen LogP contribution in [0.1, 0.15) is 47.9 Å². The maximum atomic E-state index is 12.7. The molecule has 28 heavy (non-hydrogen) atoms. The van der Waals surface area contributed by atoms with Crippen LogP contribution in [-0.2, 0) is 6.18 Å². The molecule has 6 heteroatoms. The quantitative estimate of drug-likeness (QED) is 0.660. The van der Waals surface area contributed by atoms with E-state index in [4.69, 9.17) is 14.5 Å². The zero-order valence-corrected chi connectivity index (χ0v) is 15.4. The zero-order chi connectivity index (χ0) is 19.7. The minimum Gasteiger partial charge on any atom is -0.454 e. The van der Waals surface area contributed by atoms with E-state index < -0.39 is 11.7 Å². The molecule has 0 aliphatic carbocycles. The van der Waals surface area contributed by atoms with Gasteiger partial charge in [-0.15, -0.1) is 0 Å². The lowest BCUT2D eigenvalue weighted by atomic mass is 9.86. The van der Waals surface area contributed by atoms with E-state index in [1.54, 1.807) is 6.08 Å². The summed E-state index contributed by atoms with van der Waals surface area (Å²) in [5.74, 6) is 1.79. The molecule has 3 nitrogen and oxygen atoms in total. The molecule has 0 saturated carbocycles. The Morgan fingerprint density at radius 1 is 1.07 bits per heavy atom. The van der Waals surface area contributed by atoms with Crippen LogP contribution < -0.4 is 9.47 Å². The van der Waals surface area contributed by atoms with Gasteiger partial charge in [-0.1, -0.05) is 31.6 Å². The van der Waals surface area contributed by atoms with E-state index in [1.165, 1.54) is 17.7 Å². The SMILES string of the molecule is CCCC1CN=C(/C=C/c2ccc(C(F)(F)F)cc2)c2cc3c(cc21)OCO3. The van der Waals surface area contributed by atoms with Crippen LogP contribution in [-0.4, -0.2) is 19.0 Å². The lowest BCUT2D eigenvalue weighted by Crippen LogP contribution is -2.16. The fourth-order valence-electron chi connectivity index (χ4n) is 3.61. The summed E-state index contributed by atoms with van der Waals surface area (Å²) < 4.78 is 49.2. The Hall–Kier alpha value is -2.76. The molecule has 0 aromatic heterocycles. The smallest absolute Gasteiger partial charge is 0.416 e. The van der Waals surface area contributed by atoms with Gasteiger partial charge in [0, 0.05) is 18.0 Å². The number of benzene rings is 2. The number of nitrogens with zero attached hydrogens (tertiary/aromatic N) is 1.